The van der Waals surface area contributed by atoms with Crippen molar-refractivity contribution < 1.29 is 13.9 Å². The number of carbonyl (C=O) groups is 1. The van der Waals surface area contributed by atoms with Gasteiger partial charge in [-0.1, -0.05) is 11.8 Å². The maximum Gasteiger partial charge on any atom is 0.236 e. The minimum absolute atomic E-state index is 0.0732. The van der Waals surface area contributed by atoms with Crippen molar-refractivity contribution in [2.45, 2.75) is 51.9 Å². The first kappa shape index (κ1) is 22.2. The highest BCUT2D eigenvalue weighted by atomic mass is 32.2. The molecule has 3 rings (SSSR count). The number of anilines is 1. The number of nitrogens with zero attached hydrogens (tertiary/aromatic N) is 4. The van der Waals surface area contributed by atoms with Crippen molar-refractivity contribution in [1.82, 2.24) is 19.7 Å². The molecule has 0 fully saturated rings. The number of halogens is 1. The Hall–Kier alpha value is -2.46. The van der Waals surface area contributed by atoms with Gasteiger partial charge >= 0.3 is 0 Å². The number of hydrogen-bond acceptors (Lipinski definition) is 7. The van der Waals surface area contributed by atoms with Gasteiger partial charge in [0, 0.05) is 10.9 Å². The number of nitrogens with one attached hydrogen (secondary N) is 1. The number of ether oxygens (including phenoxy) is 1. The Morgan fingerprint density at radius 2 is 1.93 bits per heavy atom. The number of benzene rings is 1. The highest BCUT2D eigenvalue weighted by molar-refractivity contribution is 7.99. The van der Waals surface area contributed by atoms with Crippen LogP contribution in [0, 0.1) is 19.7 Å². The molecular formula is C20H24FN5O2S2. The summed E-state index contributed by atoms with van der Waals surface area (Å²) in [5.74, 6) is 0.910. The van der Waals surface area contributed by atoms with E-state index < -0.39 is 6.10 Å². The van der Waals surface area contributed by atoms with E-state index in [1.165, 1.54) is 35.2 Å². The number of thioether (sulfide) groups is 1. The lowest BCUT2D eigenvalue weighted by Crippen LogP contribution is -2.16. The molecule has 7 nitrogen and oxygen atoms in total. The molecule has 0 saturated carbocycles. The number of thiazole rings is 1. The Morgan fingerprint density at radius 3 is 2.53 bits per heavy atom. The normalized spacial score (nSPS) is 12.2. The minimum Gasteiger partial charge on any atom is -0.483 e. The first-order valence-electron chi connectivity index (χ1n) is 9.48. The first-order valence-corrected chi connectivity index (χ1v) is 11.3. The average Bonchev–Trinajstić information content (AvgIpc) is 3.25. The molecule has 0 bridgehead atoms. The van der Waals surface area contributed by atoms with Crippen LogP contribution in [-0.2, 0) is 4.79 Å². The summed E-state index contributed by atoms with van der Waals surface area (Å²) >= 11 is 2.77. The van der Waals surface area contributed by atoms with Gasteiger partial charge in [-0.3, -0.25) is 4.79 Å². The second-order valence-electron chi connectivity index (χ2n) is 7.02. The van der Waals surface area contributed by atoms with E-state index in [0.717, 1.165) is 10.6 Å². The van der Waals surface area contributed by atoms with Gasteiger partial charge in [-0.05, 0) is 58.9 Å². The van der Waals surface area contributed by atoms with Gasteiger partial charge in [0.25, 0.3) is 0 Å². The van der Waals surface area contributed by atoms with Crippen molar-refractivity contribution in [1.29, 1.82) is 0 Å². The van der Waals surface area contributed by atoms with Crippen LogP contribution in [-0.4, -0.2) is 31.4 Å². The van der Waals surface area contributed by atoms with Gasteiger partial charge in [0.2, 0.25) is 5.91 Å². The second kappa shape index (κ2) is 9.57. The third-order valence-electron chi connectivity index (χ3n) is 4.30. The number of hydrogen-bond donors (Lipinski definition) is 1. The summed E-state index contributed by atoms with van der Waals surface area (Å²) in [5.41, 5.74) is 0.919. The van der Waals surface area contributed by atoms with Gasteiger partial charge in [-0.25, -0.2) is 9.37 Å². The molecule has 10 heteroatoms. The number of aryl methyl sites for hydroxylation is 2. The molecule has 160 valence electrons. The van der Waals surface area contributed by atoms with Crippen LogP contribution >= 0.6 is 23.1 Å². The summed E-state index contributed by atoms with van der Waals surface area (Å²) in [6.07, 6.45) is -0.394. The Morgan fingerprint density at radius 1 is 1.23 bits per heavy atom. The fourth-order valence-corrected chi connectivity index (χ4v) is 4.44. The summed E-state index contributed by atoms with van der Waals surface area (Å²) in [6.45, 7) is 9.78. The molecule has 30 heavy (non-hydrogen) atoms. The minimum atomic E-state index is -0.394. The quantitative estimate of drug-likeness (QED) is 0.491. The summed E-state index contributed by atoms with van der Waals surface area (Å²) in [6, 6.07) is 5.92. The smallest absolute Gasteiger partial charge is 0.236 e. The van der Waals surface area contributed by atoms with Crippen LogP contribution in [0.4, 0.5) is 9.52 Å². The predicted octanol–water partition coefficient (Wildman–Crippen LogP) is 4.94. The van der Waals surface area contributed by atoms with E-state index >= 15 is 0 Å². The Balaban J connectivity index is 1.67. The lowest BCUT2D eigenvalue weighted by molar-refractivity contribution is -0.113. The highest BCUT2D eigenvalue weighted by Crippen LogP contribution is 2.28. The molecule has 1 atom stereocenters. The van der Waals surface area contributed by atoms with E-state index in [4.69, 9.17) is 4.74 Å². The molecule has 2 aromatic heterocycles. The molecule has 1 N–H and O–H groups in total. The largest absolute Gasteiger partial charge is 0.483 e. The van der Waals surface area contributed by atoms with Gasteiger partial charge in [0.1, 0.15) is 11.6 Å². The molecule has 0 spiro atoms. The predicted molar refractivity (Wildman–Crippen MR) is 117 cm³/mol. The number of amides is 1. The first-order chi connectivity index (χ1) is 14.2. The van der Waals surface area contributed by atoms with Gasteiger partial charge in [0.15, 0.2) is 22.2 Å². The number of rotatable bonds is 8. The molecule has 2 heterocycles. The maximum absolute atomic E-state index is 13.1. The lowest BCUT2D eigenvalue weighted by Gasteiger charge is -2.18. The molecule has 1 amide bonds. The molecule has 3 aromatic rings. The van der Waals surface area contributed by atoms with E-state index in [-0.39, 0.29) is 23.5 Å². The zero-order chi connectivity index (χ0) is 21.8. The fourth-order valence-electron chi connectivity index (χ4n) is 2.73. The maximum atomic E-state index is 13.1. The highest BCUT2D eigenvalue weighted by Gasteiger charge is 2.22. The SMILES string of the molecule is Cc1nc(NC(=O)CSc2nnc(C(C)Oc3ccc(F)cc3)n2C(C)C)sc1C. The fraction of sp³-hybridized carbons (Fsp3) is 0.400. The zero-order valence-corrected chi connectivity index (χ0v) is 19.1. The summed E-state index contributed by atoms with van der Waals surface area (Å²) in [5, 5.41) is 12.6. The lowest BCUT2D eigenvalue weighted by atomic mass is 10.3. The van der Waals surface area contributed by atoms with Crippen molar-refractivity contribution in [2.24, 2.45) is 0 Å². The van der Waals surface area contributed by atoms with Crippen LogP contribution in [0.1, 0.15) is 49.3 Å². The van der Waals surface area contributed by atoms with E-state index in [2.05, 4.69) is 20.5 Å². The molecule has 0 radical (unpaired) electrons. The molecule has 1 unspecified atom stereocenters. The Bertz CT molecular complexity index is 997. The second-order valence-corrected chi connectivity index (χ2v) is 9.16. The summed E-state index contributed by atoms with van der Waals surface area (Å²) in [7, 11) is 0. The Labute approximate surface area is 183 Å². The summed E-state index contributed by atoms with van der Waals surface area (Å²) < 4.78 is 20.9. The van der Waals surface area contributed by atoms with E-state index in [9.17, 15) is 9.18 Å². The van der Waals surface area contributed by atoms with Gasteiger partial charge < -0.3 is 14.6 Å². The Kier molecular flexibility index (Phi) is 7.09. The van der Waals surface area contributed by atoms with Crippen molar-refractivity contribution in [2.75, 3.05) is 11.1 Å². The van der Waals surface area contributed by atoms with Crippen LogP contribution in [0.25, 0.3) is 0 Å². The average molecular weight is 450 g/mol. The summed E-state index contributed by atoms with van der Waals surface area (Å²) in [4.78, 5) is 17.7. The number of aromatic nitrogens is 4. The molecule has 0 aliphatic heterocycles. The van der Waals surface area contributed by atoms with Crippen molar-refractivity contribution >= 4 is 34.1 Å². The van der Waals surface area contributed by atoms with E-state index in [0.29, 0.717) is 21.9 Å². The van der Waals surface area contributed by atoms with Crippen LogP contribution in [0.5, 0.6) is 5.75 Å². The van der Waals surface area contributed by atoms with Crippen molar-refractivity contribution in [3.63, 3.8) is 0 Å². The molecule has 0 aliphatic rings. The van der Waals surface area contributed by atoms with E-state index in [1.54, 1.807) is 12.1 Å². The van der Waals surface area contributed by atoms with Gasteiger partial charge in [-0.2, -0.15) is 0 Å². The monoisotopic (exact) mass is 449 g/mol. The molecule has 1 aromatic carbocycles. The molecule has 0 aliphatic carbocycles. The molecular weight excluding hydrogens is 425 g/mol. The standard InChI is InChI=1S/C20H24FN5O2S2/c1-11(2)26-18(13(4)28-16-8-6-15(21)7-9-16)24-25-20(26)29-10-17(27)23-19-22-12(3)14(5)30-19/h6-9,11,13H,10H2,1-5H3,(H,22,23,27). The van der Waals surface area contributed by atoms with Crippen molar-refractivity contribution in [3.8, 4) is 5.75 Å². The van der Waals surface area contributed by atoms with Crippen LogP contribution in [0.3, 0.4) is 0 Å². The topological polar surface area (TPSA) is 81.9 Å². The third kappa shape index (κ3) is 5.37. The number of carbonyl (C=O) groups excluding carboxylic acids is 1. The zero-order valence-electron chi connectivity index (χ0n) is 17.5. The van der Waals surface area contributed by atoms with Crippen LogP contribution < -0.4 is 10.1 Å². The van der Waals surface area contributed by atoms with Gasteiger partial charge in [0.05, 0.1) is 11.4 Å². The van der Waals surface area contributed by atoms with Crippen LogP contribution in [0.2, 0.25) is 0 Å². The van der Waals surface area contributed by atoms with E-state index in [1.807, 2.05) is 39.2 Å². The van der Waals surface area contributed by atoms with Gasteiger partial charge in [-0.15, -0.1) is 21.5 Å². The third-order valence-corrected chi connectivity index (χ3v) is 6.24. The van der Waals surface area contributed by atoms with Crippen molar-refractivity contribution in [3.05, 3.63) is 46.5 Å². The molecule has 0 saturated heterocycles. The van der Waals surface area contributed by atoms with Crippen LogP contribution in [0.15, 0.2) is 29.4 Å².